The molecule has 0 atom stereocenters. The molecule has 0 bridgehead atoms. The lowest BCUT2D eigenvalue weighted by atomic mass is 10.2. The summed E-state index contributed by atoms with van der Waals surface area (Å²) in [5.41, 5.74) is -0.375. The third kappa shape index (κ3) is 6.56. The number of methoxy groups -OCH3 is 2. The van der Waals surface area contributed by atoms with Crippen molar-refractivity contribution < 1.29 is 32.5 Å². The van der Waals surface area contributed by atoms with Gasteiger partial charge in [-0.05, 0) is 54.1 Å². The highest BCUT2D eigenvalue weighted by Crippen LogP contribution is 2.37. The number of anilines is 1. The zero-order valence-electron chi connectivity index (χ0n) is 25.5. The summed E-state index contributed by atoms with van der Waals surface area (Å²) in [5.74, 6) is -0.831. The van der Waals surface area contributed by atoms with Crippen molar-refractivity contribution in [2.24, 2.45) is 0 Å². The Bertz CT molecular complexity index is 2260. The second-order valence-corrected chi connectivity index (χ2v) is 10.3. The molecule has 13 heteroatoms. The van der Waals surface area contributed by atoms with Gasteiger partial charge in [0.1, 0.15) is 11.6 Å². The molecule has 0 unspecified atom stereocenters. The van der Waals surface area contributed by atoms with Crippen LogP contribution in [0.15, 0.2) is 113 Å². The summed E-state index contributed by atoms with van der Waals surface area (Å²) >= 11 is 0. The minimum atomic E-state index is -1.13. The predicted molar refractivity (Wildman–Crippen MR) is 173 cm³/mol. The molecule has 6 rings (SSSR count). The monoisotopic (exact) mass is 652 g/mol. The Balaban J connectivity index is 1.25. The van der Waals surface area contributed by atoms with E-state index in [0.29, 0.717) is 28.2 Å². The van der Waals surface area contributed by atoms with Crippen molar-refractivity contribution >= 4 is 22.7 Å². The van der Waals surface area contributed by atoms with Crippen molar-refractivity contribution in [2.45, 2.75) is 6.54 Å². The van der Waals surface area contributed by atoms with Crippen LogP contribution in [0.3, 0.4) is 0 Å². The summed E-state index contributed by atoms with van der Waals surface area (Å²) < 4.78 is 52.6. The Labute approximate surface area is 271 Å². The number of halogens is 2. The molecule has 0 spiro atoms. The molecule has 0 aliphatic rings. The van der Waals surface area contributed by atoms with Crippen LogP contribution in [0.2, 0.25) is 0 Å². The van der Waals surface area contributed by atoms with Crippen LogP contribution in [0.1, 0.15) is 5.56 Å². The van der Waals surface area contributed by atoms with E-state index in [9.17, 15) is 18.8 Å². The largest absolute Gasteiger partial charge is 0.493 e. The Kier molecular flexibility index (Phi) is 8.83. The van der Waals surface area contributed by atoms with E-state index in [-0.39, 0.29) is 23.7 Å². The third-order valence-corrected chi connectivity index (χ3v) is 7.21. The minimum Gasteiger partial charge on any atom is -0.493 e. The number of nitrogens with one attached hydrogen (secondary N) is 1. The first-order valence-corrected chi connectivity index (χ1v) is 14.4. The maximum atomic E-state index is 15.2. The summed E-state index contributed by atoms with van der Waals surface area (Å²) in [5, 5.41) is 2.92. The maximum Gasteiger partial charge on any atom is 0.417 e. The lowest BCUT2D eigenvalue weighted by Gasteiger charge is -2.14. The zero-order chi connectivity index (χ0) is 33.8. The van der Waals surface area contributed by atoms with Crippen LogP contribution in [-0.2, 0) is 6.54 Å². The molecule has 0 saturated carbocycles. The molecule has 2 aromatic heterocycles. The van der Waals surface area contributed by atoms with E-state index in [2.05, 4.69) is 10.3 Å². The number of aromatic nitrogens is 3. The van der Waals surface area contributed by atoms with Gasteiger partial charge in [0.15, 0.2) is 23.1 Å². The van der Waals surface area contributed by atoms with Gasteiger partial charge in [-0.15, -0.1) is 0 Å². The van der Waals surface area contributed by atoms with Crippen molar-refractivity contribution in [3.05, 3.63) is 141 Å². The molecule has 242 valence electrons. The summed E-state index contributed by atoms with van der Waals surface area (Å²) in [6.45, 7) is 0.0406. The number of benzene rings is 4. The standard InChI is InChI=1S/C35H26F2N4O7/c1-45-30-17-25-27(18-31(30)46-2)38-15-14-28(25)47-29-13-10-23(16-26(29)37)39-34(43)48-32-20-40(19-21-6-4-3-5-7-21)35(44)41(33(32)42)24-11-8-22(36)9-12-24/h3-18,20H,19H2,1-2H3,(H,39,43). The van der Waals surface area contributed by atoms with Crippen LogP contribution in [0.25, 0.3) is 16.6 Å². The van der Waals surface area contributed by atoms with Gasteiger partial charge in [-0.3, -0.25) is 19.7 Å². The number of carbonyl (C=O) groups is 1. The van der Waals surface area contributed by atoms with Crippen LogP contribution in [0.4, 0.5) is 19.3 Å². The van der Waals surface area contributed by atoms with E-state index in [1.54, 1.807) is 42.5 Å². The number of hydrogen-bond donors (Lipinski definition) is 1. The van der Waals surface area contributed by atoms with E-state index < -0.39 is 34.7 Å². The molecule has 0 saturated heterocycles. The van der Waals surface area contributed by atoms with E-state index in [4.69, 9.17) is 18.9 Å². The Morgan fingerprint density at radius 2 is 1.54 bits per heavy atom. The normalized spacial score (nSPS) is 10.8. The maximum absolute atomic E-state index is 15.2. The first kappa shape index (κ1) is 31.5. The van der Waals surface area contributed by atoms with E-state index in [0.717, 1.165) is 34.5 Å². The Morgan fingerprint density at radius 3 is 2.25 bits per heavy atom. The Hall–Kier alpha value is -6.50. The number of ether oxygens (including phenoxy) is 4. The van der Waals surface area contributed by atoms with Gasteiger partial charge in [-0.25, -0.2) is 22.9 Å². The predicted octanol–water partition coefficient (Wildman–Crippen LogP) is 6.29. The fourth-order valence-corrected chi connectivity index (χ4v) is 4.92. The quantitative estimate of drug-likeness (QED) is 0.193. The lowest BCUT2D eigenvalue weighted by Crippen LogP contribution is -2.40. The van der Waals surface area contributed by atoms with Gasteiger partial charge in [0.25, 0.3) is 0 Å². The molecular weight excluding hydrogens is 626 g/mol. The first-order chi connectivity index (χ1) is 23.2. The van der Waals surface area contributed by atoms with Gasteiger partial charge in [0.05, 0.1) is 38.2 Å². The van der Waals surface area contributed by atoms with Gasteiger partial charge in [0, 0.05) is 29.4 Å². The summed E-state index contributed by atoms with van der Waals surface area (Å²) in [7, 11) is 2.98. The average molecular weight is 653 g/mol. The van der Waals surface area contributed by atoms with Crippen LogP contribution >= 0.6 is 0 Å². The van der Waals surface area contributed by atoms with Crippen molar-refractivity contribution in [1.29, 1.82) is 0 Å². The second-order valence-electron chi connectivity index (χ2n) is 10.3. The smallest absolute Gasteiger partial charge is 0.417 e. The van der Waals surface area contributed by atoms with Gasteiger partial charge in [-0.2, -0.15) is 0 Å². The van der Waals surface area contributed by atoms with Crippen LogP contribution < -0.4 is 35.5 Å². The lowest BCUT2D eigenvalue weighted by molar-refractivity contribution is 0.214. The molecule has 0 fully saturated rings. The molecule has 0 radical (unpaired) electrons. The van der Waals surface area contributed by atoms with Crippen molar-refractivity contribution in [2.75, 3.05) is 19.5 Å². The number of amides is 1. The van der Waals surface area contributed by atoms with Gasteiger partial charge in [0.2, 0.25) is 5.75 Å². The molecule has 1 N–H and O–H groups in total. The average Bonchev–Trinajstić information content (AvgIpc) is 3.09. The zero-order valence-corrected chi connectivity index (χ0v) is 25.5. The van der Waals surface area contributed by atoms with E-state index in [1.165, 1.54) is 49.2 Å². The number of fused-ring (bicyclic) bond motifs is 1. The molecular formula is C35H26F2N4O7. The molecule has 48 heavy (non-hydrogen) atoms. The fourth-order valence-electron chi connectivity index (χ4n) is 4.92. The van der Waals surface area contributed by atoms with Crippen LogP contribution in [0.5, 0.6) is 28.7 Å². The molecule has 0 aliphatic heterocycles. The van der Waals surface area contributed by atoms with E-state index in [1.807, 2.05) is 6.07 Å². The number of pyridine rings is 1. The summed E-state index contributed by atoms with van der Waals surface area (Å²) in [6, 6.07) is 22.2. The SMILES string of the molecule is COc1cc2nccc(Oc3ccc(NC(=O)Oc4cn(Cc5ccccc5)c(=O)n(-c5ccc(F)cc5)c4=O)cc3F)c2cc1OC. The summed E-state index contributed by atoms with van der Waals surface area (Å²) in [6.07, 6.45) is 1.48. The van der Waals surface area contributed by atoms with Crippen molar-refractivity contribution in [3.63, 3.8) is 0 Å². The van der Waals surface area contributed by atoms with Crippen LogP contribution in [-0.4, -0.2) is 34.4 Å². The Morgan fingerprint density at radius 1 is 0.812 bits per heavy atom. The molecule has 2 heterocycles. The first-order valence-electron chi connectivity index (χ1n) is 14.4. The van der Waals surface area contributed by atoms with Gasteiger partial charge in [-0.1, -0.05) is 30.3 Å². The molecule has 4 aromatic carbocycles. The third-order valence-electron chi connectivity index (χ3n) is 7.21. The summed E-state index contributed by atoms with van der Waals surface area (Å²) in [4.78, 5) is 43.9. The number of hydrogen-bond acceptors (Lipinski definition) is 8. The number of rotatable bonds is 9. The minimum absolute atomic E-state index is 0.00712. The van der Waals surface area contributed by atoms with Gasteiger partial charge < -0.3 is 18.9 Å². The molecule has 6 aromatic rings. The molecule has 11 nitrogen and oxygen atoms in total. The highest BCUT2D eigenvalue weighted by atomic mass is 19.1. The van der Waals surface area contributed by atoms with E-state index >= 15 is 4.39 Å². The molecule has 0 aliphatic carbocycles. The molecule has 1 amide bonds. The topological polar surface area (TPSA) is 123 Å². The van der Waals surface area contributed by atoms with Gasteiger partial charge >= 0.3 is 17.3 Å². The number of nitrogens with zero attached hydrogens (tertiary/aromatic N) is 3. The fraction of sp³-hybridized carbons (Fsp3) is 0.0857. The highest BCUT2D eigenvalue weighted by Gasteiger charge is 2.19. The van der Waals surface area contributed by atoms with Crippen molar-refractivity contribution in [3.8, 4) is 34.4 Å². The number of carbonyl (C=O) groups excluding carboxylic acids is 1. The van der Waals surface area contributed by atoms with Crippen LogP contribution in [0, 0.1) is 11.6 Å². The second kappa shape index (κ2) is 13.5. The van der Waals surface area contributed by atoms with Crippen molar-refractivity contribution in [1.82, 2.24) is 14.1 Å². The highest BCUT2D eigenvalue weighted by molar-refractivity contribution is 5.88.